The molecule has 3 aromatic rings. The van der Waals surface area contributed by atoms with Gasteiger partial charge in [-0.2, -0.15) is 0 Å². The number of nitrogens with one attached hydrogen (secondary N) is 3. The highest BCUT2D eigenvalue weighted by molar-refractivity contribution is 5.85. The number of benzene rings is 2. The molecule has 3 N–H and O–H groups in total. The summed E-state index contributed by atoms with van der Waals surface area (Å²) in [7, 11) is 3.24. The van der Waals surface area contributed by atoms with Crippen molar-refractivity contribution in [2.24, 2.45) is 5.92 Å². The molecule has 0 spiro atoms. The summed E-state index contributed by atoms with van der Waals surface area (Å²) in [5.74, 6) is 1.44. The molecule has 1 heterocycles. The van der Waals surface area contributed by atoms with Crippen molar-refractivity contribution in [3.05, 3.63) is 59.8 Å². The molecule has 7 heteroatoms. The van der Waals surface area contributed by atoms with Crippen molar-refractivity contribution in [3.63, 3.8) is 0 Å². The normalized spacial score (nSPS) is 14.0. The minimum absolute atomic E-state index is 0.0395. The van der Waals surface area contributed by atoms with E-state index in [4.69, 9.17) is 9.47 Å². The number of aromatic amines is 1. The summed E-state index contributed by atoms with van der Waals surface area (Å²) < 4.78 is 11.2. The number of fused-ring (bicyclic) bond motifs is 1. The van der Waals surface area contributed by atoms with Crippen LogP contribution in [0, 0.1) is 5.92 Å². The van der Waals surface area contributed by atoms with E-state index in [1.165, 1.54) is 0 Å². The lowest BCUT2D eigenvalue weighted by Crippen LogP contribution is -2.30. The number of carbonyl (C=O) groups excluding carboxylic acids is 2. The van der Waals surface area contributed by atoms with Gasteiger partial charge in [-0.15, -0.1) is 0 Å². The van der Waals surface area contributed by atoms with Crippen LogP contribution in [-0.2, 0) is 9.59 Å². The summed E-state index contributed by atoms with van der Waals surface area (Å²) in [4.78, 5) is 27.7. The Morgan fingerprint density at radius 3 is 2.61 bits per heavy atom. The first-order chi connectivity index (χ1) is 16.1. The highest BCUT2D eigenvalue weighted by Crippen LogP contribution is 2.40. The van der Waals surface area contributed by atoms with Crippen LogP contribution in [0.1, 0.15) is 42.7 Å². The quantitative estimate of drug-likeness (QED) is 0.389. The number of amides is 2. The molecule has 2 amide bonds. The van der Waals surface area contributed by atoms with Gasteiger partial charge in [-0.3, -0.25) is 9.59 Å². The summed E-state index contributed by atoms with van der Waals surface area (Å²) in [6.07, 6.45) is 4.93. The monoisotopic (exact) mass is 449 g/mol. The molecule has 7 nitrogen and oxygen atoms in total. The van der Waals surface area contributed by atoms with Gasteiger partial charge in [0.1, 0.15) is 0 Å². The number of rotatable bonds is 11. The van der Waals surface area contributed by atoms with Crippen LogP contribution in [0.15, 0.2) is 48.7 Å². The number of methoxy groups -OCH3 is 2. The van der Waals surface area contributed by atoms with Crippen LogP contribution in [0.4, 0.5) is 0 Å². The van der Waals surface area contributed by atoms with Crippen molar-refractivity contribution >= 4 is 22.7 Å². The third kappa shape index (κ3) is 5.30. The number of H-pyrrole nitrogens is 1. The van der Waals surface area contributed by atoms with E-state index >= 15 is 0 Å². The zero-order chi connectivity index (χ0) is 23.2. The van der Waals surface area contributed by atoms with E-state index in [0.717, 1.165) is 34.9 Å². The fourth-order valence-corrected chi connectivity index (χ4v) is 4.21. The Morgan fingerprint density at radius 2 is 1.85 bits per heavy atom. The molecule has 4 rings (SSSR count). The van der Waals surface area contributed by atoms with Gasteiger partial charge in [0, 0.05) is 54.0 Å². The fraction of sp³-hybridized carbons (Fsp3) is 0.385. The summed E-state index contributed by atoms with van der Waals surface area (Å²) in [5, 5.41) is 7.09. The minimum atomic E-state index is -0.135. The Balaban J connectivity index is 1.49. The second-order valence-electron chi connectivity index (χ2n) is 8.40. The maximum absolute atomic E-state index is 12.6. The molecule has 33 heavy (non-hydrogen) atoms. The molecule has 1 atom stereocenters. The Hall–Kier alpha value is -3.48. The maximum atomic E-state index is 12.6. The SMILES string of the molecule is COc1cccc(C(CNC(=O)CCCNC(=O)C2CC2)c2c[nH]c3ccccc23)c1OC. The number of aromatic nitrogens is 1. The van der Waals surface area contributed by atoms with E-state index in [0.29, 0.717) is 37.4 Å². The second kappa shape index (κ2) is 10.4. The summed E-state index contributed by atoms with van der Waals surface area (Å²) >= 11 is 0. The standard InChI is InChI=1S/C26H31N3O4/c1-32-23-10-5-8-19(25(23)33-2)21(20-15-28-22-9-4-3-7-18(20)22)16-29-24(30)11-6-14-27-26(31)17-12-13-17/h3-5,7-10,15,17,21,28H,6,11-14,16H2,1-2H3,(H,27,31)(H,29,30). The number of hydrogen-bond donors (Lipinski definition) is 3. The molecule has 1 aliphatic carbocycles. The Morgan fingerprint density at radius 1 is 1.03 bits per heavy atom. The first-order valence-electron chi connectivity index (χ1n) is 11.4. The van der Waals surface area contributed by atoms with E-state index in [9.17, 15) is 9.59 Å². The van der Waals surface area contributed by atoms with Gasteiger partial charge in [-0.1, -0.05) is 30.3 Å². The van der Waals surface area contributed by atoms with Crippen molar-refractivity contribution in [1.82, 2.24) is 15.6 Å². The lowest BCUT2D eigenvalue weighted by atomic mass is 9.89. The third-order valence-corrected chi connectivity index (χ3v) is 6.14. The van der Waals surface area contributed by atoms with Crippen molar-refractivity contribution in [2.75, 3.05) is 27.3 Å². The lowest BCUT2D eigenvalue weighted by Gasteiger charge is -2.22. The van der Waals surface area contributed by atoms with Gasteiger partial charge in [0.2, 0.25) is 11.8 Å². The van der Waals surface area contributed by atoms with Crippen LogP contribution >= 0.6 is 0 Å². The first kappa shape index (κ1) is 22.7. The average Bonchev–Trinajstić information content (AvgIpc) is 3.62. The number of para-hydroxylation sites is 2. The average molecular weight is 450 g/mol. The topological polar surface area (TPSA) is 92.5 Å². The van der Waals surface area contributed by atoms with Crippen LogP contribution < -0.4 is 20.1 Å². The van der Waals surface area contributed by atoms with E-state index in [1.54, 1.807) is 14.2 Å². The van der Waals surface area contributed by atoms with Crippen LogP contribution in [0.2, 0.25) is 0 Å². The van der Waals surface area contributed by atoms with E-state index in [-0.39, 0.29) is 23.7 Å². The number of ether oxygens (including phenoxy) is 2. The fourth-order valence-electron chi connectivity index (χ4n) is 4.21. The molecule has 0 bridgehead atoms. The van der Waals surface area contributed by atoms with Crippen molar-refractivity contribution < 1.29 is 19.1 Å². The molecular formula is C26H31N3O4. The summed E-state index contributed by atoms with van der Waals surface area (Å²) in [6.45, 7) is 0.941. The van der Waals surface area contributed by atoms with E-state index in [1.807, 2.05) is 42.6 Å². The Kier molecular flexibility index (Phi) is 7.17. The minimum Gasteiger partial charge on any atom is -0.493 e. The summed E-state index contributed by atoms with van der Waals surface area (Å²) in [6, 6.07) is 13.9. The van der Waals surface area contributed by atoms with Crippen molar-refractivity contribution in [3.8, 4) is 11.5 Å². The number of carbonyl (C=O) groups is 2. The lowest BCUT2D eigenvalue weighted by molar-refractivity contribution is -0.123. The second-order valence-corrected chi connectivity index (χ2v) is 8.40. The third-order valence-electron chi connectivity index (χ3n) is 6.14. The molecule has 1 aliphatic rings. The molecule has 1 fully saturated rings. The van der Waals surface area contributed by atoms with Crippen LogP contribution in [-0.4, -0.2) is 44.1 Å². The van der Waals surface area contributed by atoms with E-state index < -0.39 is 0 Å². The zero-order valence-electron chi connectivity index (χ0n) is 19.1. The predicted molar refractivity (Wildman–Crippen MR) is 128 cm³/mol. The molecular weight excluding hydrogens is 418 g/mol. The molecule has 0 saturated heterocycles. The van der Waals surface area contributed by atoms with Gasteiger partial charge < -0.3 is 25.1 Å². The largest absolute Gasteiger partial charge is 0.493 e. The molecule has 1 saturated carbocycles. The molecule has 0 radical (unpaired) electrons. The van der Waals surface area contributed by atoms with Gasteiger partial charge in [0.15, 0.2) is 11.5 Å². The summed E-state index contributed by atoms with van der Waals surface area (Å²) in [5.41, 5.74) is 3.06. The van der Waals surface area contributed by atoms with Gasteiger partial charge in [0.25, 0.3) is 0 Å². The van der Waals surface area contributed by atoms with Crippen LogP contribution in [0.25, 0.3) is 10.9 Å². The van der Waals surface area contributed by atoms with Gasteiger partial charge in [-0.05, 0) is 37.0 Å². The van der Waals surface area contributed by atoms with Gasteiger partial charge in [0.05, 0.1) is 14.2 Å². The smallest absolute Gasteiger partial charge is 0.223 e. The van der Waals surface area contributed by atoms with Crippen molar-refractivity contribution in [1.29, 1.82) is 0 Å². The first-order valence-corrected chi connectivity index (χ1v) is 11.4. The number of hydrogen-bond acceptors (Lipinski definition) is 4. The van der Waals surface area contributed by atoms with Crippen LogP contribution in [0.3, 0.4) is 0 Å². The highest BCUT2D eigenvalue weighted by Gasteiger charge is 2.29. The van der Waals surface area contributed by atoms with Crippen LogP contribution in [0.5, 0.6) is 11.5 Å². The Bertz CT molecular complexity index is 1120. The molecule has 1 unspecified atom stereocenters. The van der Waals surface area contributed by atoms with Crippen molar-refractivity contribution in [2.45, 2.75) is 31.6 Å². The Labute approximate surface area is 193 Å². The maximum Gasteiger partial charge on any atom is 0.223 e. The predicted octanol–water partition coefficient (Wildman–Crippen LogP) is 3.74. The highest BCUT2D eigenvalue weighted by atomic mass is 16.5. The van der Waals surface area contributed by atoms with Gasteiger partial charge >= 0.3 is 0 Å². The molecule has 0 aliphatic heterocycles. The van der Waals surface area contributed by atoms with E-state index in [2.05, 4.69) is 21.7 Å². The molecule has 2 aromatic carbocycles. The zero-order valence-corrected chi connectivity index (χ0v) is 19.1. The molecule has 1 aromatic heterocycles. The van der Waals surface area contributed by atoms with Gasteiger partial charge in [-0.25, -0.2) is 0 Å². The molecule has 174 valence electrons.